The van der Waals surface area contributed by atoms with Gasteiger partial charge in [0, 0.05) is 39.3 Å². The summed E-state index contributed by atoms with van der Waals surface area (Å²) in [6, 6.07) is 5.49. The molecule has 0 bridgehead atoms. The van der Waals surface area contributed by atoms with Crippen molar-refractivity contribution in [1.82, 2.24) is 29.5 Å². The Morgan fingerprint density at radius 3 is 2.68 bits per heavy atom. The van der Waals surface area contributed by atoms with E-state index in [1.54, 1.807) is 18.3 Å². The molecule has 3 aromatic rings. The summed E-state index contributed by atoms with van der Waals surface area (Å²) in [5.74, 6) is 0.745. The minimum absolute atomic E-state index is 0. The second kappa shape index (κ2) is 11.9. The van der Waals surface area contributed by atoms with Crippen LogP contribution in [0.15, 0.2) is 29.2 Å². The number of fused-ring (bicyclic) bond motifs is 1. The number of benzene rings is 1. The van der Waals surface area contributed by atoms with E-state index in [0.717, 1.165) is 50.9 Å². The first-order valence-corrected chi connectivity index (χ1v) is 13.0. The second-order valence-corrected chi connectivity index (χ2v) is 10.4. The van der Waals surface area contributed by atoms with Gasteiger partial charge in [-0.25, -0.2) is 9.78 Å². The zero-order valence-corrected chi connectivity index (χ0v) is 22.5. The third kappa shape index (κ3) is 6.31. The molecule has 1 aromatic carbocycles. The number of rotatable bonds is 6. The molecular formula is C24H30Cl3N7O3. The van der Waals surface area contributed by atoms with Crippen LogP contribution >= 0.6 is 35.6 Å². The Morgan fingerprint density at radius 2 is 1.95 bits per heavy atom. The summed E-state index contributed by atoms with van der Waals surface area (Å²) >= 11 is 12.1. The molecule has 10 nitrogen and oxygen atoms in total. The number of nitrogens with one attached hydrogen (secondary N) is 2. The van der Waals surface area contributed by atoms with Crippen LogP contribution in [0.1, 0.15) is 37.3 Å². The van der Waals surface area contributed by atoms with Gasteiger partial charge in [-0.2, -0.15) is 5.10 Å². The molecule has 0 radical (unpaired) electrons. The summed E-state index contributed by atoms with van der Waals surface area (Å²) in [5.41, 5.74) is 1.72. The van der Waals surface area contributed by atoms with E-state index in [9.17, 15) is 14.7 Å². The first kappa shape index (κ1) is 27.5. The van der Waals surface area contributed by atoms with Gasteiger partial charge in [-0.1, -0.05) is 29.3 Å². The number of carbonyl (C=O) groups is 1. The van der Waals surface area contributed by atoms with Crippen molar-refractivity contribution in [3.63, 3.8) is 0 Å². The van der Waals surface area contributed by atoms with E-state index in [4.69, 9.17) is 23.2 Å². The van der Waals surface area contributed by atoms with Gasteiger partial charge in [0.25, 0.3) is 5.56 Å². The summed E-state index contributed by atoms with van der Waals surface area (Å²) in [4.78, 5) is 35.6. The topological polar surface area (TPSA) is 119 Å². The zero-order chi connectivity index (χ0) is 25.2. The first-order valence-electron chi connectivity index (χ1n) is 12.2. The number of carboxylic acid groups (broad SMARTS) is 1. The van der Waals surface area contributed by atoms with E-state index in [1.807, 2.05) is 10.7 Å². The number of anilines is 1. The lowest BCUT2D eigenvalue weighted by Gasteiger charge is -2.37. The number of piperidine rings is 2. The molecule has 1 amide bonds. The number of nitrogens with zero attached hydrogens (tertiary/aromatic N) is 5. The fraction of sp³-hybridized carbons (Fsp3) is 0.500. The van der Waals surface area contributed by atoms with Crippen molar-refractivity contribution in [2.45, 2.75) is 38.3 Å². The average molecular weight is 571 g/mol. The Bertz CT molecular complexity index is 1310. The highest BCUT2D eigenvalue weighted by Gasteiger charge is 2.28. The Morgan fingerprint density at radius 1 is 1.16 bits per heavy atom. The summed E-state index contributed by atoms with van der Waals surface area (Å²) in [6.45, 7) is 4.38. The highest BCUT2D eigenvalue weighted by Crippen LogP contribution is 2.27. The Labute approximate surface area is 230 Å². The smallest absolute Gasteiger partial charge is 0.407 e. The molecule has 0 aliphatic carbocycles. The zero-order valence-electron chi connectivity index (χ0n) is 20.2. The van der Waals surface area contributed by atoms with Gasteiger partial charge in [0.1, 0.15) is 5.52 Å². The fourth-order valence-corrected chi connectivity index (χ4v) is 5.59. The van der Waals surface area contributed by atoms with Crippen LogP contribution in [0.4, 0.5) is 10.7 Å². The van der Waals surface area contributed by atoms with Gasteiger partial charge in [-0.15, -0.1) is 12.4 Å². The van der Waals surface area contributed by atoms with E-state index in [2.05, 4.69) is 25.3 Å². The van der Waals surface area contributed by atoms with Gasteiger partial charge >= 0.3 is 6.09 Å². The molecule has 0 spiro atoms. The number of hydrogen-bond donors (Lipinski definition) is 3. The van der Waals surface area contributed by atoms with Gasteiger partial charge in [0.15, 0.2) is 5.52 Å². The van der Waals surface area contributed by atoms with Crippen molar-refractivity contribution in [2.24, 2.45) is 5.92 Å². The third-order valence-electron chi connectivity index (χ3n) is 7.11. The highest BCUT2D eigenvalue weighted by atomic mass is 35.5. The monoisotopic (exact) mass is 569 g/mol. The lowest BCUT2D eigenvalue weighted by molar-refractivity contribution is 0.0962. The lowest BCUT2D eigenvalue weighted by Crippen LogP contribution is -2.45. The van der Waals surface area contributed by atoms with Gasteiger partial charge in [0.05, 0.1) is 22.3 Å². The molecule has 37 heavy (non-hydrogen) atoms. The van der Waals surface area contributed by atoms with E-state index in [-0.39, 0.29) is 24.0 Å². The van der Waals surface area contributed by atoms with E-state index < -0.39 is 6.09 Å². The van der Waals surface area contributed by atoms with Crippen LogP contribution in [-0.4, -0.2) is 73.5 Å². The Kier molecular flexibility index (Phi) is 8.84. The number of aromatic nitrogens is 4. The van der Waals surface area contributed by atoms with Crippen LogP contribution in [-0.2, 0) is 6.54 Å². The molecule has 5 rings (SSSR count). The third-order valence-corrected chi connectivity index (χ3v) is 7.85. The molecule has 2 aliphatic heterocycles. The van der Waals surface area contributed by atoms with Crippen LogP contribution in [0, 0.1) is 5.92 Å². The van der Waals surface area contributed by atoms with Crippen molar-refractivity contribution in [3.05, 3.63) is 50.4 Å². The molecule has 1 unspecified atom stereocenters. The van der Waals surface area contributed by atoms with Crippen LogP contribution in [0.25, 0.3) is 11.0 Å². The predicted octanol–water partition coefficient (Wildman–Crippen LogP) is 4.49. The van der Waals surface area contributed by atoms with Crippen molar-refractivity contribution < 1.29 is 9.90 Å². The van der Waals surface area contributed by atoms with Crippen LogP contribution in [0.3, 0.4) is 0 Å². The van der Waals surface area contributed by atoms with Crippen molar-refractivity contribution in [2.75, 3.05) is 38.0 Å². The second-order valence-electron chi connectivity index (χ2n) is 9.61. The van der Waals surface area contributed by atoms with Gasteiger partial charge in [-0.05, 0) is 49.3 Å². The fourth-order valence-electron chi connectivity index (χ4n) is 5.27. The SMILES string of the molecule is Cl.O=C(O)N1CCCC(CN2CCC(n3ncc4nc(NCc5ccc(Cl)c(Cl)c5)[nH]c(=O)c43)CC2)C1. The van der Waals surface area contributed by atoms with Crippen LogP contribution in [0.2, 0.25) is 10.0 Å². The number of halogens is 3. The number of amides is 1. The number of H-pyrrole nitrogens is 1. The standard InChI is InChI=1S/C24H29Cl2N7O3.ClH/c25-18-4-3-15(10-19(18)26)11-27-23-29-20-12-28-33(21(20)22(34)30-23)17-5-8-31(9-6-17)13-16-2-1-7-32(14-16)24(35)36;/h3-4,10,12,16-17H,1-2,5-9,11,13-14H2,(H,35,36)(H2,27,29,30,34);1H. The maximum atomic E-state index is 12.9. The maximum Gasteiger partial charge on any atom is 0.407 e. The van der Waals surface area contributed by atoms with Crippen LogP contribution in [0.5, 0.6) is 0 Å². The number of hydrogen-bond acceptors (Lipinski definition) is 6. The van der Waals surface area contributed by atoms with Gasteiger partial charge in [0.2, 0.25) is 5.95 Å². The van der Waals surface area contributed by atoms with Crippen LogP contribution < -0.4 is 10.9 Å². The lowest BCUT2D eigenvalue weighted by atomic mass is 9.96. The Balaban J connectivity index is 0.00000320. The largest absolute Gasteiger partial charge is 0.465 e. The first-order chi connectivity index (χ1) is 17.4. The van der Waals surface area contributed by atoms with Crippen molar-refractivity contribution >= 4 is 58.7 Å². The normalized spacial score (nSPS) is 19.1. The molecule has 1 atom stereocenters. The Hall–Kier alpha value is -2.53. The summed E-state index contributed by atoms with van der Waals surface area (Å²) in [7, 11) is 0. The molecule has 2 fully saturated rings. The number of aromatic amines is 1. The molecule has 2 saturated heterocycles. The molecule has 4 heterocycles. The molecule has 13 heteroatoms. The predicted molar refractivity (Wildman–Crippen MR) is 146 cm³/mol. The molecule has 0 saturated carbocycles. The summed E-state index contributed by atoms with van der Waals surface area (Å²) in [5, 5.41) is 17.9. The average Bonchev–Trinajstić information content (AvgIpc) is 3.30. The summed E-state index contributed by atoms with van der Waals surface area (Å²) < 4.78 is 1.81. The molecule has 3 N–H and O–H groups in total. The van der Waals surface area contributed by atoms with Crippen molar-refractivity contribution in [1.29, 1.82) is 0 Å². The summed E-state index contributed by atoms with van der Waals surface area (Å²) in [6.07, 6.45) is 4.56. The quantitative estimate of drug-likeness (QED) is 0.400. The molecule has 200 valence electrons. The maximum absolute atomic E-state index is 12.9. The molecule has 2 aromatic heterocycles. The van der Waals surface area contributed by atoms with Crippen molar-refractivity contribution in [3.8, 4) is 0 Å². The van der Waals surface area contributed by atoms with Gasteiger partial charge < -0.3 is 20.2 Å². The minimum atomic E-state index is -0.824. The van der Waals surface area contributed by atoms with E-state index in [0.29, 0.717) is 52.6 Å². The molecule has 2 aliphatic rings. The minimum Gasteiger partial charge on any atom is -0.465 e. The highest BCUT2D eigenvalue weighted by molar-refractivity contribution is 6.42. The van der Waals surface area contributed by atoms with E-state index >= 15 is 0 Å². The number of likely N-dealkylation sites (tertiary alicyclic amines) is 2. The van der Waals surface area contributed by atoms with E-state index in [1.165, 1.54) is 4.90 Å². The molecular weight excluding hydrogens is 541 g/mol. The van der Waals surface area contributed by atoms with Gasteiger partial charge in [-0.3, -0.25) is 14.5 Å².